The molecule has 0 aromatic heterocycles. The summed E-state index contributed by atoms with van der Waals surface area (Å²) in [5.74, 6) is -6.48. The van der Waals surface area contributed by atoms with Gasteiger partial charge in [-0.05, 0) is 18.8 Å². The molecule has 0 radical (unpaired) electrons. The summed E-state index contributed by atoms with van der Waals surface area (Å²) < 4.78 is 61.0. The number of aliphatic hydroxyl groups excluding tert-OH is 10. The summed E-state index contributed by atoms with van der Waals surface area (Å²) in [7, 11) is -5.65. The van der Waals surface area contributed by atoms with Gasteiger partial charge in [0.15, 0.2) is 6.29 Å². The molecule has 490 valence electrons. The minimum atomic E-state index is -5.65. The van der Waals surface area contributed by atoms with Gasteiger partial charge in [-0.25, -0.2) is 13.2 Å². The van der Waals surface area contributed by atoms with Gasteiger partial charge in [0.05, 0.1) is 44.1 Å². The molecule has 2 aliphatic rings. The number of amides is 2. The number of aliphatic carboxylic acids is 1. The average molecular weight is 1220 g/mol. The largest absolute Gasteiger partial charge is 0.726 e. The van der Waals surface area contributed by atoms with Crippen molar-refractivity contribution >= 4 is 28.2 Å². The summed E-state index contributed by atoms with van der Waals surface area (Å²) in [4.78, 5) is 38.6. The second-order valence-corrected chi connectivity index (χ2v) is 24.3. The molecule has 2 heterocycles. The molecule has 25 heteroatoms. The van der Waals surface area contributed by atoms with E-state index < -0.39 is 152 Å². The quantitative estimate of drug-likeness (QED) is 0.0234. The highest BCUT2D eigenvalue weighted by atomic mass is 32.3. The Labute approximate surface area is 493 Å². The van der Waals surface area contributed by atoms with Gasteiger partial charge in [-0.2, -0.15) is 0 Å². The fourth-order valence-corrected chi connectivity index (χ4v) is 11.2. The van der Waals surface area contributed by atoms with Crippen LogP contribution in [0.3, 0.4) is 0 Å². The molecule has 83 heavy (non-hydrogen) atoms. The SMILES string of the molecule is CCCCCCCCCCCCCCCCCCCCCC[C@@H](O)C(=O)N[C@@H](CO[C@@H]1O[C@H](CO[C@]2(C(=O)O)C[C@H](O)[C@@H](NC(=O)CO)[C@H]([C@H](O)[C@@H](CO)OS(=O)(=O)[O-])O2)[C@@H](O)[C@H](O)[C@H]1O)[C@H](O)[C@H](O)CCCCCCCCCC(C)CC. The highest BCUT2D eigenvalue weighted by Crippen LogP contribution is 2.35. The van der Waals surface area contributed by atoms with E-state index in [1.807, 2.05) is 0 Å². The summed E-state index contributed by atoms with van der Waals surface area (Å²) in [5.41, 5.74) is 0. The molecule has 0 spiro atoms. The Hall–Kier alpha value is -2.28. The molecule has 2 aliphatic heterocycles. The zero-order valence-corrected chi connectivity index (χ0v) is 50.8. The molecule has 2 fully saturated rings. The lowest BCUT2D eigenvalue weighted by Gasteiger charge is -2.47. The Kier molecular flexibility index (Phi) is 40.1. The van der Waals surface area contributed by atoms with E-state index in [0.29, 0.717) is 18.8 Å². The molecule has 0 aromatic rings. The van der Waals surface area contributed by atoms with Gasteiger partial charge in [0.25, 0.3) is 5.79 Å². The lowest BCUT2D eigenvalue weighted by molar-refractivity contribution is -0.339. The minimum absolute atomic E-state index is 0.110. The van der Waals surface area contributed by atoms with Crippen molar-refractivity contribution in [1.29, 1.82) is 0 Å². The number of aliphatic hydroxyl groups is 10. The predicted molar refractivity (Wildman–Crippen MR) is 305 cm³/mol. The molecule has 13 N–H and O–H groups in total. The first-order chi connectivity index (χ1) is 39.6. The van der Waals surface area contributed by atoms with E-state index in [1.165, 1.54) is 103 Å². The zero-order chi connectivity index (χ0) is 61.8. The maximum atomic E-state index is 13.5. The van der Waals surface area contributed by atoms with Crippen LogP contribution in [0.15, 0.2) is 0 Å². The molecule has 0 saturated carbocycles. The fraction of sp³-hybridized carbons (Fsp3) is 0.948. The molecule has 2 saturated heterocycles. The van der Waals surface area contributed by atoms with Crippen LogP contribution >= 0.6 is 0 Å². The lowest BCUT2D eigenvalue weighted by atomic mass is 9.88. The van der Waals surface area contributed by atoms with Crippen LogP contribution in [-0.4, -0.2) is 205 Å². The number of hydrogen-bond donors (Lipinski definition) is 13. The molecular formula is C58H109N2O22S-. The summed E-state index contributed by atoms with van der Waals surface area (Å²) in [6.07, 6.45) is 8.41. The van der Waals surface area contributed by atoms with Crippen LogP contribution in [0.1, 0.15) is 226 Å². The lowest BCUT2D eigenvalue weighted by Crippen LogP contribution is -2.69. The van der Waals surface area contributed by atoms with E-state index in [0.717, 1.165) is 70.6 Å². The fourth-order valence-electron chi connectivity index (χ4n) is 10.7. The van der Waals surface area contributed by atoms with Crippen molar-refractivity contribution in [3.63, 3.8) is 0 Å². The van der Waals surface area contributed by atoms with E-state index in [4.69, 9.17) is 18.9 Å². The van der Waals surface area contributed by atoms with Crippen molar-refractivity contribution in [1.82, 2.24) is 10.6 Å². The van der Waals surface area contributed by atoms with Gasteiger partial charge in [0.2, 0.25) is 22.2 Å². The summed E-state index contributed by atoms with van der Waals surface area (Å²) in [6.45, 7) is 2.28. The number of unbranched alkanes of at least 4 members (excludes halogenated alkanes) is 25. The van der Waals surface area contributed by atoms with E-state index in [9.17, 15) is 83.5 Å². The average Bonchev–Trinajstić information content (AvgIpc) is 3.58. The number of nitrogens with one attached hydrogen (secondary N) is 2. The first kappa shape index (κ1) is 76.8. The van der Waals surface area contributed by atoms with Gasteiger partial charge >= 0.3 is 5.97 Å². The van der Waals surface area contributed by atoms with E-state index in [1.54, 1.807) is 0 Å². The number of rotatable bonds is 50. The molecule has 0 bridgehead atoms. The van der Waals surface area contributed by atoms with Crippen molar-refractivity contribution in [2.24, 2.45) is 5.92 Å². The van der Waals surface area contributed by atoms with Crippen molar-refractivity contribution < 1.29 is 107 Å². The maximum Gasteiger partial charge on any atom is 0.364 e. The van der Waals surface area contributed by atoms with Gasteiger partial charge in [-0.3, -0.25) is 13.8 Å². The van der Waals surface area contributed by atoms with Crippen LogP contribution in [0.5, 0.6) is 0 Å². The molecule has 1 unspecified atom stereocenters. The van der Waals surface area contributed by atoms with Gasteiger partial charge in [-0.1, -0.05) is 207 Å². The van der Waals surface area contributed by atoms with Crippen molar-refractivity contribution in [2.75, 3.05) is 26.4 Å². The van der Waals surface area contributed by atoms with Crippen LogP contribution in [0.4, 0.5) is 0 Å². The Morgan fingerprint density at radius 3 is 1.63 bits per heavy atom. The number of ether oxygens (including phenoxy) is 4. The third kappa shape index (κ3) is 30.5. The van der Waals surface area contributed by atoms with E-state index >= 15 is 0 Å². The van der Waals surface area contributed by atoms with Crippen molar-refractivity contribution in [3.05, 3.63) is 0 Å². The first-order valence-electron chi connectivity index (χ1n) is 31.3. The Morgan fingerprint density at radius 2 is 1.17 bits per heavy atom. The summed E-state index contributed by atoms with van der Waals surface area (Å²) >= 11 is 0. The monoisotopic (exact) mass is 1220 g/mol. The van der Waals surface area contributed by atoms with Crippen LogP contribution in [-0.2, 0) is 47.9 Å². The normalized spacial score (nSPS) is 25.7. The number of carbonyl (C=O) groups is 3. The highest BCUT2D eigenvalue weighted by molar-refractivity contribution is 7.80. The topological polar surface area (TPSA) is 401 Å². The zero-order valence-electron chi connectivity index (χ0n) is 49.9. The van der Waals surface area contributed by atoms with Gasteiger partial charge in [-0.15, -0.1) is 0 Å². The number of hydrogen-bond acceptors (Lipinski definition) is 21. The predicted octanol–water partition coefficient (Wildman–Crippen LogP) is 3.77. The number of carboxylic acid groups (broad SMARTS) is 1. The van der Waals surface area contributed by atoms with E-state index in [2.05, 4.69) is 35.6 Å². The third-order valence-corrected chi connectivity index (χ3v) is 16.7. The van der Waals surface area contributed by atoms with Crippen molar-refractivity contribution in [2.45, 2.75) is 318 Å². The standard InChI is InChI=1S/C58H110N2O22S/c1-4-6-7-8-9-10-11-12-13-14-15-16-17-18-19-20-21-24-28-31-34-43(64)55(72)59-41(49(67)42(63)33-30-27-25-22-23-26-29-32-40(3)5-2)38-78-56-53(71)52(70)50(68)46(80-56)39-79-58(57(73)74)35-44(65)48(60-47(66)37-62)54(81-58)51(69)45(36-61)82-83(75,76)77/h40-46,48-54,56,61-65,67-71H,4-39H2,1-3H3,(H,59,72)(H,60,66)(H,73,74)(H,75,76,77)/p-1/t40?,41-,42+,43+,44-,45+,46+,48+,49-,50+,51+,52-,53+,54+,56+,58+/m0/s1. The Bertz CT molecular complexity index is 1830. The number of carboxylic acids is 1. The van der Waals surface area contributed by atoms with E-state index in [-0.39, 0.29) is 12.8 Å². The van der Waals surface area contributed by atoms with Gasteiger partial charge in [0.1, 0.15) is 61.5 Å². The van der Waals surface area contributed by atoms with Crippen LogP contribution in [0, 0.1) is 5.92 Å². The Balaban J connectivity index is 2.08. The van der Waals surface area contributed by atoms with Crippen molar-refractivity contribution in [3.8, 4) is 0 Å². The molecule has 24 nitrogen and oxygen atoms in total. The first-order valence-corrected chi connectivity index (χ1v) is 32.6. The molecule has 16 atom stereocenters. The van der Waals surface area contributed by atoms with Crippen LogP contribution in [0.2, 0.25) is 0 Å². The second-order valence-electron chi connectivity index (χ2n) is 23.3. The number of carbonyl (C=O) groups excluding carboxylic acids is 2. The van der Waals surface area contributed by atoms with Crippen LogP contribution < -0.4 is 10.6 Å². The second kappa shape index (κ2) is 43.4. The van der Waals surface area contributed by atoms with Crippen LogP contribution in [0.25, 0.3) is 0 Å². The highest BCUT2D eigenvalue weighted by Gasteiger charge is 2.57. The third-order valence-electron chi connectivity index (χ3n) is 16.3. The Morgan fingerprint density at radius 1 is 0.687 bits per heavy atom. The van der Waals surface area contributed by atoms with Gasteiger partial charge < -0.3 is 90.3 Å². The molecule has 0 aliphatic carbocycles. The molecule has 0 aromatic carbocycles. The smallest absolute Gasteiger partial charge is 0.364 e. The molecule has 2 amide bonds. The van der Waals surface area contributed by atoms with Gasteiger partial charge in [0, 0.05) is 6.42 Å². The minimum Gasteiger partial charge on any atom is -0.726 e. The summed E-state index contributed by atoms with van der Waals surface area (Å²) in [5, 5.41) is 123. The maximum absolute atomic E-state index is 13.5. The summed E-state index contributed by atoms with van der Waals surface area (Å²) in [6, 6.07) is -3.31. The molecular weight excluding hydrogens is 1110 g/mol. The molecule has 2 rings (SSSR count).